The Labute approximate surface area is 219 Å². The summed E-state index contributed by atoms with van der Waals surface area (Å²) in [6, 6.07) is 12.5. The van der Waals surface area contributed by atoms with Crippen LogP contribution >= 0.6 is 0 Å². The van der Waals surface area contributed by atoms with Gasteiger partial charge >= 0.3 is 5.97 Å². The molecule has 4 unspecified atom stereocenters. The van der Waals surface area contributed by atoms with E-state index < -0.39 is 60.4 Å². The summed E-state index contributed by atoms with van der Waals surface area (Å²) in [5, 5.41) is 26.3. The van der Waals surface area contributed by atoms with E-state index in [9.17, 15) is 34.2 Å². The van der Waals surface area contributed by atoms with E-state index in [0.29, 0.717) is 5.56 Å². The lowest BCUT2D eigenvalue weighted by molar-refractivity contribution is -0.142. The summed E-state index contributed by atoms with van der Waals surface area (Å²) >= 11 is 0. The van der Waals surface area contributed by atoms with Crippen molar-refractivity contribution >= 4 is 29.6 Å². The summed E-state index contributed by atoms with van der Waals surface area (Å²) in [6.45, 7) is -0.772. The van der Waals surface area contributed by atoms with Crippen LogP contribution in [0.15, 0.2) is 60.7 Å². The van der Waals surface area contributed by atoms with Crippen molar-refractivity contribution < 1.29 is 34.2 Å². The van der Waals surface area contributed by atoms with Gasteiger partial charge < -0.3 is 37.6 Å². The third-order valence-electron chi connectivity index (χ3n) is 5.66. The molecule has 4 amide bonds. The van der Waals surface area contributed by atoms with Crippen LogP contribution in [-0.2, 0) is 36.8 Å². The Bertz CT molecular complexity index is 1100. The largest absolute Gasteiger partial charge is 0.480 e. The van der Waals surface area contributed by atoms with Crippen molar-refractivity contribution in [2.24, 2.45) is 11.5 Å². The third-order valence-corrected chi connectivity index (χ3v) is 5.66. The van der Waals surface area contributed by atoms with Gasteiger partial charge in [-0.1, -0.05) is 60.7 Å². The van der Waals surface area contributed by atoms with Crippen molar-refractivity contribution in [1.29, 1.82) is 0 Å². The average molecular weight is 528 g/mol. The fourth-order valence-electron chi connectivity index (χ4n) is 3.58. The van der Waals surface area contributed by atoms with E-state index in [-0.39, 0.29) is 25.7 Å². The number of hydrogen-bond donors (Lipinski definition) is 7. The average Bonchev–Trinajstić information content (AvgIpc) is 2.89. The molecule has 0 heterocycles. The number of carbonyl (C=O) groups is 5. The molecule has 204 valence electrons. The molecule has 38 heavy (non-hydrogen) atoms. The number of carbonyl (C=O) groups excluding carboxylic acids is 4. The Hall–Kier alpha value is -4.29. The van der Waals surface area contributed by atoms with Gasteiger partial charge in [0.1, 0.15) is 18.1 Å². The summed E-state index contributed by atoms with van der Waals surface area (Å²) in [5.74, 6) is -4.48. The standard InChI is InChI=1S/C26H33N5O7/c27-18(13-16-7-3-1-4-8-16)23(34)31-21(15-32)25(36)30-20(14-17-9-5-2-6-10-17)24(35)29-19(26(37)38)11-12-22(28)33/h1-10,18-21,32H,11-15,27H2,(H2,28,33)(H,29,35)(H,30,36)(H,31,34)(H,37,38). The second-order valence-electron chi connectivity index (χ2n) is 8.70. The molecule has 2 rings (SSSR count). The monoisotopic (exact) mass is 527 g/mol. The second-order valence-corrected chi connectivity index (χ2v) is 8.70. The minimum absolute atomic E-state index is 0.0137. The number of nitrogens with one attached hydrogen (secondary N) is 3. The lowest BCUT2D eigenvalue weighted by atomic mass is 10.0. The van der Waals surface area contributed by atoms with Crippen LogP contribution in [0.25, 0.3) is 0 Å². The van der Waals surface area contributed by atoms with Gasteiger partial charge in [-0.25, -0.2) is 4.79 Å². The molecule has 12 heteroatoms. The Kier molecular flexibility index (Phi) is 11.9. The molecular formula is C26H33N5O7. The molecule has 0 fully saturated rings. The van der Waals surface area contributed by atoms with Crippen LogP contribution in [-0.4, -0.2) is 70.6 Å². The number of aliphatic hydroxyl groups is 1. The first kappa shape index (κ1) is 29.9. The molecule has 2 aromatic rings. The summed E-state index contributed by atoms with van der Waals surface area (Å²) in [5.41, 5.74) is 12.5. The molecule has 0 bridgehead atoms. The van der Waals surface area contributed by atoms with Crippen molar-refractivity contribution in [2.75, 3.05) is 6.61 Å². The van der Waals surface area contributed by atoms with Crippen LogP contribution in [0.5, 0.6) is 0 Å². The number of carboxylic acid groups (broad SMARTS) is 1. The topological polar surface area (TPSA) is 214 Å². The number of primary amides is 1. The highest BCUT2D eigenvalue weighted by Crippen LogP contribution is 2.07. The van der Waals surface area contributed by atoms with E-state index in [2.05, 4.69) is 16.0 Å². The normalized spacial score (nSPS) is 13.8. The van der Waals surface area contributed by atoms with E-state index >= 15 is 0 Å². The Morgan fingerprint density at radius 3 is 1.68 bits per heavy atom. The van der Waals surface area contributed by atoms with E-state index in [4.69, 9.17) is 11.5 Å². The van der Waals surface area contributed by atoms with Crippen molar-refractivity contribution in [1.82, 2.24) is 16.0 Å². The molecule has 0 aliphatic heterocycles. The van der Waals surface area contributed by atoms with E-state index in [1.54, 1.807) is 54.6 Å². The van der Waals surface area contributed by atoms with Gasteiger partial charge in [-0.05, 0) is 24.0 Å². The molecule has 0 aliphatic rings. The summed E-state index contributed by atoms with van der Waals surface area (Å²) < 4.78 is 0. The lowest BCUT2D eigenvalue weighted by Gasteiger charge is -2.24. The molecule has 0 radical (unpaired) electrons. The van der Waals surface area contributed by atoms with E-state index in [1.165, 1.54) is 0 Å². The van der Waals surface area contributed by atoms with Gasteiger partial charge in [0.25, 0.3) is 0 Å². The minimum atomic E-state index is -1.42. The van der Waals surface area contributed by atoms with E-state index in [1.807, 2.05) is 6.07 Å². The zero-order valence-corrected chi connectivity index (χ0v) is 20.7. The Morgan fingerprint density at radius 1 is 0.711 bits per heavy atom. The van der Waals surface area contributed by atoms with Crippen LogP contribution in [0.1, 0.15) is 24.0 Å². The zero-order chi connectivity index (χ0) is 28.1. The highest BCUT2D eigenvalue weighted by molar-refractivity contribution is 5.94. The molecule has 12 nitrogen and oxygen atoms in total. The first-order chi connectivity index (χ1) is 18.1. The Morgan fingerprint density at radius 2 is 1.18 bits per heavy atom. The van der Waals surface area contributed by atoms with Gasteiger partial charge in [0, 0.05) is 12.8 Å². The third kappa shape index (κ3) is 9.99. The molecule has 0 saturated heterocycles. The van der Waals surface area contributed by atoms with Gasteiger partial charge in [0.05, 0.1) is 12.6 Å². The minimum Gasteiger partial charge on any atom is -0.480 e. The second kappa shape index (κ2) is 15.1. The number of hydrogen-bond acceptors (Lipinski definition) is 7. The van der Waals surface area contributed by atoms with Crippen molar-refractivity contribution in [3.05, 3.63) is 71.8 Å². The highest BCUT2D eigenvalue weighted by Gasteiger charge is 2.30. The molecule has 2 aromatic carbocycles. The van der Waals surface area contributed by atoms with Crippen molar-refractivity contribution in [3.63, 3.8) is 0 Å². The molecule has 0 spiro atoms. The first-order valence-electron chi connectivity index (χ1n) is 12.0. The van der Waals surface area contributed by atoms with Crippen LogP contribution in [0.4, 0.5) is 0 Å². The molecule has 0 aliphatic carbocycles. The summed E-state index contributed by atoms with van der Waals surface area (Å²) in [6.07, 6.45) is -0.320. The number of carboxylic acids is 1. The summed E-state index contributed by atoms with van der Waals surface area (Å²) in [7, 11) is 0. The molecule has 0 aromatic heterocycles. The summed E-state index contributed by atoms with van der Waals surface area (Å²) in [4.78, 5) is 61.2. The van der Waals surface area contributed by atoms with Gasteiger partial charge in [-0.2, -0.15) is 0 Å². The van der Waals surface area contributed by atoms with Gasteiger partial charge in [-0.15, -0.1) is 0 Å². The number of aliphatic carboxylic acids is 1. The molecular weight excluding hydrogens is 494 g/mol. The number of benzene rings is 2. The first-order valence-corrected chi connectivity index (χ1v) is 12.0. The van der Waals surface area contributed by atoms with Crippen molar-refractivity contribution in [2.45, 2.75) is 49.9 Å². The number of nitrogens with two attached hydrogens (primary N) is 2. The van der Waals surface area contributed by atoms with Gasteiger partial charge in [0.15, 0.2) is 0 Å². The maximum absolute atomic E-state index is 13.0. The smallest absolute Gasteiger partial charge is 0.326 e. The number of rotatable bonds is 15. The van der Waals surface area contributed by atoms with Crippen LogP contribution in [0.2, 0.25) is 0 Å². The van der Waals surface area contributed by atoms with Crippen LogP contribution in [0.3, 0.4) is 0 Å². The van der Waals surface area contributed by atoms with E-state index in [0.717, 1.165) is 5.56 Å². The molecule has 4 atom stereocenters. The van der Waals surface area contributed by atoms with Crippen LogP contribution < -0.4 is 27.4 Å². The predicted molar refractivity (Wildman–Crippen MR) is 137 cm³/mol. The maximum atomic E-state index is 13.0. The number of amides is 4. The lowest BCUT2D eigenvalue weighted by Crippen LogP contribution is -2.58. The fraction of sp³-hybridized carbons (Fsp3) is 0.346. The van der Waals surface area contributed by atoms with Gasteiger partial charge in [0.2, 0.25) is 23.6 Å². The maximum Gasteiger partial charge on any atom is 0.326 e. The number of aliphatic hydroxyl groups excluding tert-OH is 1. The quantitative estimate of drug-likeness (QED) is 0.146. The van der Waals surface area contributed by atoms with Crippen molar-refractivity contribution in [3.8, 4) is 0 Å². The fourth-order valence-corrected chi connectivity index (χ4v) is 3.58. The zero-order valence-electron chi connectivity index (χ0n) is 20.7. The molecule has 9 N–H and O–H groups in total. The Balaban J connectivity index is 2.12. The SMILES string of the molecule is NC(=O)CCC(NC(=O)C(Cc1ccccc1)NC(=O)C(CO)NC(=O)C(N)Cc1ccccc1)C(=O)O. The van der Waals surface area contributed by atoms with Gasteiger partial charge in [-0.3, -0.25) is 19.2 Å². The highest BCUT2D eigenvalue weighted by atomic mass is 16.4. The predicted octanol–water partition coefficient (Wildman–Crippen LogP) is -1.40. The molecule has 0 saturated carbocycles. The van der Waals surface area contributed by atoms with Crippen LogP contribution in [0, 0.1) is 0 Å².